The third-order valence-electron chi connectivity index (χ3n) is 4.64. The van der Waals surface area contributed by atoms with Crippen molar-refractivity contribution in [3.63, 3.8) is 0 Å². The number of rotatable bonds is 4. The van der Waals surface area contributed by atoms with Crippen LogP contribution in [0.5, 0.6) is 0 Å². The molecule has 2 aliphatic rings. The second-order valence-electron chi connectivity index (χ2n) is 6.34. The second kappa shape index (κ2) is 5.57. The van der Waals surface area contributed by atoms with Crippen molar-refractivity contribution in [2.24, 2.45) is 11.8 Å². The molecule has 3 rings (SSSR count). The molecule has 3 heteroatoms. The van der Waals surface area contributed by atoms with Gasteiger partial charge in [-0.25, -0.2) is 0 Å². The predicted octanol–water partition coefficient (Wildman–Crippen LogP) is 2.72. The van der Waals surface area contributed by atoms with E-state index in [1.54, 1.807) is 0 Å². The average molecular weight is 273 g/mol. The summed E-state index contributed by atoms with van der Waals surface area (Å²) < 4.78 is 0. The van der Waals surface area contributed by atoms with E-state index >= 15 is 0 Å². The molecule has 20 heavy (non-hydrogen) atoms. The first-order chi connectivity index (χ1) is 9.65. The lowest BCUT2D eigenvalue weighted by atomic mass is 9.98. The molecule has 0 bridgehead atoms. The van der Waals surface area contributed by atoms with Gasteiger partial charge in [-0.15, -0.1) is 0 Å². The lowest BCUT2D eigenvalue weighted by Gasteiger charge is -2.22. The van der Waals surface area contributed by atoms with Crippen LogP contribution in [0.4, 0.5) is 0 Å². The molecule has 2 saturated carbocycles. The lowest BCUT2D eigenvalue weighted by molar-refractivity contribution is -0.128. The van der Waals surface area contributed by atoms with E-state index in [9.17, 15) is 9.90 Å². The summed E-state index contributed by atoms with van der Waals surface area (Å²) in [5.41, 5.74) is 2.43. The Morgan fingerprint density at radius 2 is 1.90 bits per heavy atom. The Morgan fingerprint density at radius 1 is 1.20 bits per heavy atom. The topological polar surface area (TPSA) is 49.3 Å². The minimum Gasteiger partial charge on any atom is -0.392 e. The normalized spacial score (nSPS) is 27.3. The standard InChI is InChI=1S/C17H23NO2/c1-11-5-7-12(8-6-11)16(13-9-10-13)18-17(20)14-3-2-4-15(14)19/h5-8,13-16,19H,2-4,9-10H2,1H3,(H,18,20). The van der Waals surface area contributed by atoms with Gasteiger partial charge >= 0.3 is 0 Å². The number of amides is 1. The number of aliphatic hydroxyl groups excluding tert-OH is 1. The Kier molecular flexibility index (Phi) is 3.79. The van der Waals surface area contributed by atoms with Crippen molar-refractivity contribution in [2.75, 3.05) is 0 Å². The molecule has 1 aromatic carbocycles. The zero-order chi connectivity index (χ0) is 14.1. The molecular formula is C17H23NO2. The van der Waals surface area contributed by atoms with Gasteiger partial charge in [0.1, 0.15) is 0 Å². The van der Waals surface area contributed by atoms with Crippen LogP contribution in [0.3, 0.4) is 0 Å². The largest absolute Gasteiger partial charge is 0.392 e. The van der Waals surface area contributed by atoms with Crippen molar-refractivity contribution in [2.45, 2.75) is 51.2 Å². The summed E-state index contributed by atoms with van der Waals surface area (Å²) in [6.07, 6.45) is 4.46. The van der Waals surface area contributed by atoms with E-state index < -0.39 is 6.10 Å². The Labute approximate surface area is 120 Å². The number of benzene rings is 1. The van der Waals surface area contributed by atoms with Crippen LogP contribution < -0.4 is 5.32 Å². The predicted molar refractivity (Wildman–Crippen MR) is 78.1 cm³/mol. The number of carbonyl (C=O) groups is 1. The monoisotopic (exact) mass is 273 g/mol. The van der Waals surface area contributed by atoms with Gasteiger partial charge in [0.2, 0.25) is 5.91 Å². The molecule has 0 aromatic heterocycles. The zero-order valence-corrected chi connectivity index (χ0v) is 12.0. The van der Waals surface area contributed by atoms with E-state index in [2.05, 4.69) is 36.5 Å². The van der Waals surface area contributed by atoms with Gasteiger partial charge in [0, 0.05) is 0 Å². The van der Waals surface area contributed by atoms with Gasteiger partial charge in [0.05, 0.1) is 18.1 Å². The third-order valence-corrected chi connectivity index (χ3v) is 4.64. The molecule has 3 unspecified atom stereocenters. The molecule has 0 radical (unpaired) electrons. The fourth-order valence-corrected chi connectivity index (χ4v) is 3.18. The van der Waals surface area contributed by atoms with Gasteiger partial charge in [-0.2, -0.15) is 0 Å². The van der Waals surface area contributed by atoms with Gasteiger partial charge in [-0.05, 0) is 50.5 Å². The molecule has 2 aliphatic carbocycles. The third kappa shape index (κ3) is 2.88. The summed E-state index contributed by atoms with van der Waals surface area (Å²) in [6.45, 7) is 2.07. The fourth-order valence-electron chi connectivity index (χ4n) is 3.18. The highest BCUT2D eigenvalue weighted by molar-refractivity contribution is 5.80. The van der Waals surface area contributed by atoms with Gasteiger partial charge in [-0.3, -0.25) is 4.79 Å². The highest BCUT2D eigenvalue weighted by atomic mass is 16.3. The maximum Gasteiger partial charge on any atom is 0.226 e. The van der Waals surface area contributed by atoms with Crippen LogP contribution in [0.2, 0.25) is 0 Å². The van der Waals surface area contributed by atoms with E-state index in [1.165, 1.54) is 24.0 Å². The van der Waals surface area contributed by atoms with Crippen LogP contribution in [0, 0.1) is 18.8 Å². The molecule has 3 nitrogen and oxygen atoms in total. The van der Waals surface area contributed by atoms with E-state index in [0.29, 0.717) is 5.92 Å². The summed E-state index contributed by atoms with van der Waals surface area (Å²) in [6, 6.07) is 8.55. The van der Waals surface area contributed by atoms with Crippen molar-refractivity contribution < 1.29 is 9.90 Å². The van der Waals surface area contributed by atoms with Crippen molar-refractivity contribution in [1.82, 2.24) is 5.32 Å². The number of nitrogens with one attached hydrogen (secondary N) is 1. The SMILES string of the molecule is Cc1ccc(C(NC(=O)C2CCCC2O)C2CC2)cc1. The quantitative estimate of drug-likeness (QED) is 0.886. The van der Waals surface area contributed by atoms with Gasteiger partial charge in [-0.1, -0.05) is 29.8 Å². The smallest absolute Gasteiger partial charge is 0.226 e. The molecule has 108 valence electrons. The maximum atomic E-state index is 12.4. The summed E-state index contributed by atoms with van der Waals surface area (Å²) in [5, 5.41) is 13.1. The van der Waals surface area contributed by atoms with Crippen LogP contribution in [-0.2, 0) is 4.79 Å². The summed E-state index contributed by atoms with van der Waals surface area (Å²) >= 11 is 0. The van der Waals surface area contributed by atoms with Crippen LogP contribution in [-0.4, -0.2) is 17.1 Å². The molecule has 2 fully saturated rings. The van der Waals surface area contributed by atoms with Gasteiger partial charge < -0.3 is 10.4 Å². The average Bonchev–Trinajstić information content (AvgIpc) is 3.18. The van der Waals surface area contributed by atoms with Crippen molar-refractivity contribution in [3.05, 3.63) is 35.4 Å². The van der Waals surface area contributed by atoms with Crippen LogP contribution >= 0.6 is 0 Å². The maximum absolute atomic E-state index is 12.4. The van der Waals surface area contributed by atoms with Crippen LogP contribution in [0.1, 0.15) is 49.3 Å². The zero-order valence-electron chi connectivity index (χ0n) is 12.0. The van der Waals surface area contributed by atoms with Crippen molar-refractivity contribution in [1.29, 1.82) is 0 Å². The number of hydrogen-bond donors (Lipinski definition) is 2. The van der Waals surface area contributed by atoms with Crippen LogP contribution in [0.15, 0.2) is 24.3 Å². The summed E-state index contributed by atoms with van der Waals surface area (Å²) in [5.74, 6) is 0.398. The highest BCUT2D eigenvalue weighted by Gasteiger charge is 2.37. The van der Waals surface area contributed by atoms with Crippen LogP contribution in [0.25, 0.3) is 0 Å². The number of aryl methyl sites for hydroxylation is 1. The molecule has 2 N–H and O–H groups in total. The first-order valence-corrected chi connectivity index (χ1v) is 7.70. The van der Waals surface area contributed by atoms with E-state index in [-0.39, 0.29) is 17.9 Å². The Bertz CT molecular complexity index is 478. The Morgan fingerprint density at radius 3 is 2.45 bits per heavy atom. The van der Waals surface area contributed by atoms with E-state index in [0.717, 1.165) is 19.3 Å². The first kappa shape index (κ1) is 13.6. The minimum absolute atomic E-state index is 0.0347. The molecule has 1 amide bonds. The number of aliphatic hydroxyl groups is 1. The minimum atomic E-state index is -0.451. The van der Waals surface area contributed by atoms with Gasteiger partial charge in [0.15, 0.2) is 0 Å². The van der Waals surface area contributed by atoms with E-state index in [4.69, 9.17) is 0 Å². The first-order valence-electron chi connectivity index (χ1n) is 7.70. The summed E-state index contributed by atoms with van der Waals surface area (Å²) in [4.78, 5) is 12.4. The Hall–Kier alpha value is -1.35. The highest BCUT2D eigenvalue weighted by Crippen LogP contribution is 2.41. The number of hydrogen-bond acceptors (Lipinski definition) is 2. The fraction of sp³-hybridized carbons (Fsp3) is 0.588. The summed E-state index contributed by atoms with van der Waals surface area (Å²) in [7, 11) is 0. The molecule has 0 saturated heterocycles. The molecule has 0 spiro atoms. The number of carbonyl (C=O) groups excluding carboxylic acids is 1. The van der Waals surface area contributed by atoms with E-state index in [1.807, 2.05) is 0 Å². The lowest BCUT2D eigenvalue weighted by Crippen LogP contribution is -2.37. The molecule has 1 aromatic rings. The molecule has 3 atom stereocenters. The van der Waals surface area contributed by atoms with Crippen molar-refractivity contribution >= 4 is 5.91 Å². The molecular weight excluding hydrogens is 250 g/mol. The van der Waals surface area contributed by atoms with Crippen molar-refractivity contribution in [3.8, 4) is 0 Å². The molecule has 0 heterocycles. The molecule has 0 aliphatic heterocycles. The second-order valence-corrected chi connectivity index (χ2v) is 6.34. The Balaban J connectivity index is 1.71. The van der Waals surface area contributed by atoms with Gasteiger partial charge in [0.25, 0.3) is 0 Å².